The van der Waals surface area contributed by atoms with Crippen LogP contribution in [0.2, 0.25) is 0 Å². The van der Waals surface area contributed by atoms with E-state index in [4.69, 9.17) is 4.74 Å². The summed E-state index contributed by atoms with van der Waals surface area (Å²) in [6.45, 7) is 7.97. The summed E-state index contributed by atoms with van der Waals surface area (Å²) < 4.78 is 6.26. The lowest BCUT2D eigenvalue weighted by molar-refractivity contribution is 0.0198. The van der Waals surface area contributed by atoms with Crippen molar-refractivity contribution in [3.05, 3.63) is 28.5 Å². The average molecular weight is 370 g/mol. The van der Waals surface area contributed by atoms with Crippen LogP contribution in [0.25, 0.3) is 0 Å². The van der Waals surface area contributed by atoms with E-state index >= 15 is 0 Å². The molecule has 0 aromatic carbocycles. The van der Waals surface area contributed by atoms with E-state index in [0.29, 0.717) is 6.04 Å². The van der Waals surface area contributed by atoms with Crippen LogP contribution >= 0.6 is 15.9 Å². The number of carbonyl (C=O) groups excluding carboxylic acids is 1. The number of nitrogens with zero attached hydrogens (tertiary/aromatic N) is 2. The number of pyridine rings is 1. The number of amides is 1. The molecule has 1 aromatic rings. The average Bonchev–Trinajstić information content (AvgIpc) is 2.45. The summed E-state index contributed by atoms with van der Waals surface area (Å²) in [6.07, 6.45) is 3.56. The zero-order valence-electron chi connectivity index (χ0n) is 13.4. The first kappa shape index (κ1) is 17.2. The zero-order chi connectivity index (χ0) is 16.2. The normalized spacial score (nSPS) is 16.6. The Balaban J connectivity index is 1.73. The quantitative estimate of drug-likeness (QED) is 0.830. The van der Waals surface area contributed by atoms with Gasteiger partial charge in [-0.3, -0.25) is 0 Å². The number of halogens is 1. The molecule has 1 fully saturated rings. The summed E-state index contributed by atoms with van der Waals surface area (Å²) in [5, 5.41) is 3.53. The smallest absolute Gasteiger partial charge is 0.410 e. The van der Waals surface area contributed by atoms with Gasteiger partial charge in [0.05, 0.1) is 0 Å². The van der Waals surface area contributed by atoms with Gasteiger partial charge in [-0.2, -0.15) is 0 Å². The number of rotatable bonds is 3. The Morgan fingerprint density at radius 1 is 1.41 bits per heavy atom. The van der Waals surface area contributed by atoms with Crippen molar-refractivity contribution in [3.63, 3.8) is 0 Å². The molecular formula is C16H24BrN3O2. The van der Waals surface area contributed by atoms with Crippen LogP contribution in [-0.4, -0.2) is 40.7 Å². The highest BCUT2D eigenvalue weighted by Crippen LogP contribution is 2.16. The van der Waals surface area contributed by atoms with Crippen LogP contribution in [0.4, 0.5) is 4.79 Å². The highest BCUT2D eigenvalue weighted by atomic mass is 79.9. The van der Waals surface area contributed by atoms with Gasteiger partial charge in [-0.1, -0.05) is 6.07 Å². The van der Waals surface area contributed by atoms with E-state index in [9.17, 15) is 4.79 Å². The molecular weight excluding hydrogens is 346 g/mol. The van der Waals surface area contributed by atoms with Gasteiger partial charge >= 0.3 is 6.09 Å². The molecule has 1 amide bonds. The summed E-state index contributed by atoms with van der Waals surface area (Å²) in [7, 11) is 0. The number of ether oxygens (including phenoxy) is 1. The maximum Gasteiger partial charge on any atom is 0.410 e. The lowest BCUT2D eigenvalue weighted by Gasteiger charge is -2.33. The minimum atomic E-state index is -0.430. The number of hydrogen-bond acceptors (Lipinski definition) is 4. The number of hydrogen-bond donors (Lipinski definition) is 1. The summed E-state index contributed by atoms with van der Waals surface area (Å²) in [5.41, 5.74) is 0.735. The molecule has 2 heterocycles. The summed E-state index contributed by atoms with van der Waals surface area (Å²) in [6, 6.07) is 4.43. The maximum absolute atomic E-state index is 12.0. The Labute approximate surface area is 140 Å². The molecule has 0 aliphatic carbocycles. The monoisotopic (exact) mass is 369 g/mol. The Hall–Kier alpha value is -1.14. The van der Waals surface area contributed by atoms with Crippen LogP contribution < -0.4 is 5.32 Å². The van der Waals surface area contributed by atoms with Crippen molar-refractivity contribution in [1.82, 2.24) is 15.2 Å². The van der Waals surface area contributed by atoms with Gasteiger partial charge in [0, 0.05) is 31.9 Å². The highest BCUT2D eigenvalue weighted by Gasteiger charge is 2.26. The van der Waals surface area contributed by atoms with Gasteiger partial charge in [0.15, 0.2) is 0 Å². The number of piperidine rings is 1. The first-order chi connectivity index (χ1) is 10.3. The van der Waals surface area contributed by atoms with Crippen LogP contribution in [0.5, 0.6) is 0 Å². The minimum Gasteiger partial charge on any atom is -0.444 e. The lowest BCUT2D eigenvalue weighted by atomic mass is 10.1. The fraction of sp³-hybridized carbons (Fsp3) is 0.625. The van der Waals surface area contributed by atoms with E-state index in [1.165, 1.54) is 0 Å². The van der Waals surface area contributed by atoms with E-state index < -0.39 is 5.60 Å². The number of aromatic nitrogens is 1. The van der Waals surface area contributed by atoms with Gasteiger partial charge in [-0.15, -0.1) is 0 Å². The van der Waals surface area contributed by atoms with Crippen molar-refractivity contribution in [2.24, 2.45) is 0 Å². The highest BCUT2D eigenvalue weighted by molar-refractivity contribution is 9.10. The molecule has 0 unspecified atom stereocenters. The Morgan fingerprint density at radius 2 is 2.09 bits per heavy atom. The van der Waals surface area contributed by atoms with Gasteiger partial charge in [-0.05, 0) is 61.2 Å². The minimum absolute atomic E-state index is 0.206. The molecule has 5 nitrogen and oxygen atoms in total. The van der Waals surface area contributed by atoms with Crippen molar-refractivity contribution in [2.75, 3.05) is 13.1 Å². The molecule has 6 heteroatoms. The number of carbonyl (C=O) groups is 1. The van der Waals surface area contributed by atoms with Crippen molar-refractivity contribution >= 4 is 22.0 Å². The predicted molar refractivity (Wildman–Crippen MR) is 89.6 cm³/mol. The Morgan fingerprint density at radius 3 is 2.64 bits per heavy atom. The van der Waals surface area contributed by atoms with Crippen LogP contribution in [0.15, 0.2) is 22.9 Å². The zero-order valence-corrected chi connectivity index (χ0v) is 15.0. The molecule has 0 bridgehead atoms. The molecule has 0 radical (unpaired) electrons. The van der Waals surface area contributed by atoms with E-state index in [2.05, 4.69) is 32.3 Å². The van der Waals surface area contributed by atoms with Gasteiger partial charge < -0.3 is 15.0 Å². The molecule has 1 aromatic heterocycles. The van der Waals surface area contributed by atoms with Crippen LogP contribution in [0.1, 0.15) is 39.2 Å². The molecule has 0 spiro atoms. The van der Waals surface area contributed by atoms with Gasteiger partial charge in [0.2, 0.25) is 0 Å². The molecule has 0 saturated carbocycles. The fourth-order valence-electron chi connectivity index (χ4n) is 2.37. The number of likely N-dealkylation sites (tertiary alicyclic amines) is 1. The van der Waals surface area contributed by atoms with Gasteiger partial charge in [0.25, 0.3) is 0 Å². The Bertz CT molecular complexity index is 491. The molecule has 0 atom stereocenters. The van der Waals surface area contributed by atoms with E-state index in [1.807, 2.05) is 33.0 Å². The molecule has 122 valence electrons. The topological polar surface area (TPSA) is 54.5 Å². The maximum atomic E-state index is 12.0. The summed E-state index contributed by atoms with van der Waals surface area (Å²) in [4.78, 5) is 18.0. The van der Waals surface area contributed by atoms with Gasteiger partial charge in [0.1, 0.15) is 10.2 Å². The molecule has 2 rings (SSSR count). The fourth-order valence-corrected chi connectivity index (χ4v) is 2.60. The standard InChI is InChI=1S/C16H24BrN3O2/c1-16(2,3)22-15(21)20-8-6-13(7-9-20)18-10-12-4-5-14(17)19-11-12/h4-5,11,13,18H,6-10H2,1-3H3. The molecule has 1 aliphatic rings. The third-order valence-electron chi connectivity index (χ3n) is 3.53. The number of nitrogens with one attached hydrogen (secondary N) is 1. The molecule has 22 heavy (non-hydrogen) atoms. The summed E-state index contributed by atoms with van der Waals surface area (Å²) in [5.74, 6) is 0. The molecule has 1 N–H and O–H groups in total. The van der Waals surface area contributed by atoms with Crippen molar-refractivity contribution < 1.29 is 9.53 Å². The van der Waals surface area contributed by atoms with Crippen LogP contribution in [0.3, 0.4) is 0 Å². The second-order valence-corrected chi connectivity index (χ2v) is 7.42. The van der Waals surface area contributed by atoms with Gasteiger partial charge in [-0.25, -0.2) is 9.78 Å². The third-order valence-corrected chi connectivity index (χ3v) is 4.00. The first-order valence-electron chi connectivity index (χ1n) is 7.65. The van der Waals surface area contributed by atoms with E-state index in [-0.39, 0.29) is 6.09 Å². The largest absolute Gasteiger partial charge is 0.444 e. The molecule has 1 aliphatic heterocycles. The SMILES string of the molecule is CC(C)(C)OC(=O)N1CCC(NCc2ccc(Br)nc2)CC1. The van der Waals surface area contributed by atoms with Crippen molar-refractivity contribution in [3.8, 4) is 0 Å². The van der Waals surface area contributed by atoms with Crippen molar-refractivity contribution in [2.45, 2.75) is 51.8 Å². The second kappa shape index (κ2) is 7.42. The van der Waals surface area contributed by atoms with Crippen molar-refractivity contribution in [1.29, 1.82) is 0 Å². The third kappa shape index (κ3) is 5.57. The Kier molecular flexibility index (Phi) is 5.81. The molecule has 1 saturated heterocycles. The second-order valence-electron chi connectivity index (χ2n) is 6.61. The van der Waals surface area contributed by atoms with E-state index in [0.717, 1.165) is 42.6 Å². The van der Waals surface area contributed by atoms with Crippen LogP contribution in [-0.2, 0) is 11.3 Å². The van der Waals surface area contributed by atoms with Crippen LogP contribution in [0, 0.1) is 0 Å². The predicted octanol–water partition coefficient (Wildman–Crippen LogP) is 3.33. The van der Waals surface area contributed by atoms with E-state index in [1.54, 1.807) is 4.90 Å². The first-order valence-corrected chi connectivity index (χ1v) is 8.44. The lowest BCUT2D eigenvalue weighted by Crippen LogP contribution is -2.46. The summed E-state index contributed by atoms with van der Waals surface area (Å²) >= 11 is 3.33.